The Hall–Kier alpha value is -2.00. The Morgan fingerprint density at radius 1 is 1.39 bits per heavy atom. The van der Waals surface area contributed by atoms with Gasteiger partial charge >= 0.3 is 5.97 Å². The summed E-state index contributed by atoms with van der Waals surface area (Å²) < 4.78 is 39.8. The van der Waals surface area contributed by atoms with E-state index in [4.69, 9.17) is 5.11 Å². The quantitative estimate of drug-likeness (QED) is 0.758. The molecule has 0 spiro atoms. The number of carbonyl (C=O) groups excluding carboxylic acids is 1. The maximum Gasteiger partial charge on any atom is 0.321 e. The molecule has 7 nitrogen and oxygen atoms in total. The van der Waals surface area contributed by atoms with Gasteiger partial charge in [-0.25, -0.2) is 12.8 Å². The minimum Gasteiger partial charge on any atom is -0.480 e. The van der Waals surface area contributed by atoms with Crippen LogP contribution >= 0.6 is 0 Å². The predicted molar refractivity (Wildman–Crippen MR) is 80.8 cm³/mol. The Labute approximate surface area is 134 Å². The molecule has 9 heteroatoms. The normalized spacial score (nSPS) is 12.9. The van der Waals surface area contributed by atoms with Gasteiger partial charge in [-0.05, 0) is 26.0 Å². The maximum atomic E-state index is 13.6. The van der Waals surface area contributed by atoms with Crippen LogP contribution in [0.3, 0.4) is 0 Å². The molecule has 0 saturated carbocycles. The Morgan fingerprint density at radius 2 is 2.00 bits per heavy atom. The molecule has 0 bridgehead atoms. The maximum absolute atomic E-state index is 13.6. The van der Waals surface area contributed by atoms with Crippen LogP contribution in [0.15, 0.2) is 23.1 Å². The minimum atomic E-state index is -4.24. The van der Waals surface area contributed by atoms with Crippen LogP contribution in [0, 0.1) is 12.7 Å². The summed E-state index contributed by atoms with van der Waals surface area (Å²) >= 11 is 0. The van der Waals surface area contributed by atoms with Gasteiger partial charge in [0.2, 0.25) is 15.9 Å². The third-order valence-corrected chi connectivity index (χ3v) is 5.41. The first-order valence-corrected chi connectivity index (χ1v) is 8.27. The number of rotatable bonds is 7. The number of carbonyl (C=O) groups is 2. The smallest absolute Gasteiger partial charge is 0.321 e. The highest BCUT2D eigenvalue weighted by Gasteiger charge is 2.34. The van der Waals surface area contributed by atoms with Gasteiger partial charge in [0.05, 0.1) is 4.90 Å². The van der Waals surface area contributed by atoms with Gasteiger partial charge in [-0.15, -0.1) is 0 Å². The zero-order chi connectivity index (χ0) is 17.8. The van der Waals surface area contributed by atoms with E-state index in [0.29, 0.717) is 0 Å². The summed E-state index contributed by atoms with van der Waals surface area (Å²) in [6.45, 7) is 3.48. The monoisotopic (exact) mass is 346 g/mol. The van der Waals surface area contributed by atoms with Gasteiger partial charge in [-0.3, -0.25) is 9.59 Å². The van der Waals surface area contributed by atoms with Crippen LogP contribution in [-0.2, 0) is 19.6 Å². The molecule has 1 unspecified atom stereocenters. The van der Waals surface area contributed by atoms with Crippen molar-refractivity contribution < 1.29 is 27.5 Å². The summed E-state index contributed by atoms with van der Waals surface area (Å²) in [5.74, 6) is -2.41. The van der Waals surface area contributed by atoms with Gasteiger partial charge < -0.3 is 10.4 Å². The summed E-state index contributed by atoms with van der Waals surface area (Å²) in [5.41, 5.74) is -0.0883. The molecule has 0 saturated heterocycles. The number of halogens is 1. The van der Waals surface area contributed by atoms with E-state index in [2.05, 4.69) is 5.32 Å². The number of carboxylic acids is 1. The second-order valence-electron chi connectivity index (χ2n) is 4.98. The highest BCUT2D eigenvalue weighted by atomic mass is 32.2. The molecule has 0 aliphatic carbocycles. The zero-order valence-electron chi connectivity index (χ0n) is 13.0. The lowest BCUT2D eigenvalue weighted by atomic mass is 10.2. The Balaban J connectivity index is 3.25. The van der Waals surface area contributed by atoms with E-state index in [9.17, 15) is 22.4 Å². The van der Waals surface area contributed by atoms with Gasteiger partial charge in [0, 0.05) is 25.6 Å². The Bertz CT molecular complexity index is 705. The molecule has 0 radical (unpaired) electrons. The van der Waals surface area contributed by atoms with E-state index in [1.54, 1.807) is 0 Å². The van der Waals surface area contributed by atoms with Gasteiger partial charge in [0.25, 0.3) is 0 Å². The molecular formula is C14H19FN2O5S. The topological polar surface area (TPSA) is 104 Å². The first kappa shape index (κ1) is 19.0. The van der Waals surface area contributed by atoms with Crippen molar-refractivity contribution in [3.63, 3.8) is 0 Å². The van der Waals surface area contributed by atoms with E-state index < -0.39 is 27.9 Å². The van der Waals surface area contributed by atoms with Crippen molar-refractivity contribution in [2.24, 2.45) is 0 Å². The lowest BCUT2D eigenvalue weighted by Crippen LogP contribution is -2.46. The third-order valence-electron chi connectivity index (χ3n) is 3.30. The average Bonchev–Trinajstić information content (AvgIpc) is 2.45. The van der Waals surface area contributed by atoms with Crippen molar-refractivity contribution in [2.75, 3.05) is 13.1 Å². The molecule has 1 rings (SSSR count). The minimum absolute atomic E-state index is 0.0550. The number of sulfonamides is 1. The van der Waals surface area contributed by atoms with Crippen molar-refractivity contribution in [3.05, 3.63) is 29.6 Å². The fourth-order valence-corrected chi connectivity index (χ4v) is 3.81. The fraction of sp³-hybridized carbons (Fsp3) is 0.429. The molecule has 23 heavy (non-hydrogen) atoms. The third kappa shape index (κ3) is 4.49. The molecule has 0 fully saturated rings. The summed E-state index contributed by atoms with van der Waals surface area (Å²) in [4.78, 5) is 21.8. The molecule has 1 aromatic rings. The Kier molecular flexibility index (Phi) is 6.22. The molecule has 1 amide bonds. The summed E-state index contributed by atoms with van der Waals surface area (Å²) in [5, 5.41) is 11.5. The lowest BCUT2D eigenvalue weighted by Gasteiger charge is -2.26. The predicted octanol–water partition coefficient (Wildman–Crippen LogP) is 0.734. The molecule has 1 aromatic carbocycles. The van der Waals surface area contributed by atoms with Crippen LogP contribution in [0.1, 0.15) is 19.4 Å². The van der Waals surface area contributed by atoms with Crippen molar-refractivity contribution in [1.82, 2.24) is 9.62 Å². The van der Waals surface area contributed by atoms with Crippen LogP contribution in [0.2, 0.25) is 0 Å². The van der Waals surface area contributed by atoms with Gasteiger partial charge in [-0.2, -0.15) is 4.31 Å². The van der Waals surface area contributed by atoms with Crippen molar-refractivity contribution in [3.8, 4) is 0 Å². The standard InChI is InChI=1S/C14H19FN2O5S/c1-9-12(15)5-4-6-13(9)23(21,22)17(10(2)14(19)20)8-7-16-11(3)18/h4-6,10H,7-8H2,1-3H3,(H,16,18)(H,19,20). The summed E-state index contributed by atoms with van der Waals surface area (Å²) in [6, 6.07) is 2.22. The molecule has 1 atom stereocenters. The number of nitrogens with zero attached hydrogens (tertiary/aromatic N) is 1. The Morgan fingerprint density at radius 3 is 2.52 bits per heavy atom. The van der Waals surface area contributed by atoms with E-state index >= 15 is 0 Å². The van der Waals surface area contributed by atoms with Crippen molar-refractivity contribution in [1.29, 1.82) is 0 Å². The second-order valence-corrected chi connectivity index (χ2v) is 6.83. The van der Waals surface area contributed by atoms with Crippen LogP contribution in [0.5, 0.6) is 0 Å². The molecule has 128 valence electrons. The van der Waals surface area contributed by atoms with Gasteiger partial charge in [-0.1, -0.05) is 6.07 Å². The van der Waals surface area contributed by atoms with E-state index in [0.717, 1.165) is 10.4 Å². The number of hydrogen-bond donors (Lipinski definition) is 2. The molecular weight excluding hydrogens is 327 g/mol. The van der Waals surface area contributed by atoms with Crippen molar-refractivity contribution >= 4 is 21.9 Å². The van der Waals surface area contributed by atoms with Crippen LogP contribution in [-0.4, -0.2) is 48.8 Å². The first-order valence-electron chi connectivity index (χ1n) is 6.83. The molecule has 2 N–H and O–H groups in total. The summed E-state index contributed by atoms with van der Waals surface area (Å²) in [6.07, 6.45) is 0. The number of amides is 1. The van der Waals surface area contributed by atoms with Gasteiger partial charge in [0.1, 0.15) is 11.9 Å². The fourth-order valence-electron chi connectivity index (χ4n) is 1.98. The van der Waals surface area contributed by atoms with Crippen LogP contribution in [0.4, 0.5) is 4.39 Å². The molecule has 0 aliphatic heterocycles. The second kappa shape index (κ2) is 7.51. The van der Waals surface area contributed by atoms with E-state index in [1.807, 2.05) is 0 Å². The van der Waals surface area contributed by atoms with Gasteiger partial charge in [0.15, 0.2) is 0 Å². The zero-order valence-corrected chi connectivity index (χ0v) is 13.9. The highest BCUT2D eigenvalue weighted by molar-refractivity contribution is 7.89. The SMILES string of the molecule is CC(=O)NCCN(C(C)C(=O)O)S(=O)(=O)c1cccc(F)c1C. The van der Waals surface area contributed by atoms with Crippen LogP contribution in [0.25, 0.3) is 0 Å². The largest absolute Gasteiger partial charge is 0.480 e. The average molecular weight is 346 g/mol. The van der Waals surface area contributed by atoms with E-state index in [-0.39, 0.29) is 29.5 Å². The van der Waals surface area contributed by atoms with Crippen molar-refractivity contribution in [2.45, 2.75) is 31.7 Å². The highest BCUT2D eigenvalue weighted by Crippen LogP contribution is 2.23. The first-order chi connectivity index (χ1) is 10.6. The number of hydrogen-bond acceptors (Lipinski definition) is 4. The summed E-state index contributed by atoms with van der Waals surface area (Å²) in [7, 11) is -4.24. The van der Waals surface area contributed by atoms with E-state index in [1.165, 1.54) is 32.9 Å². The lowest BCUT2D eigenvalue weighted by molar-refractivity contribution is -0.140. The number of nitrogens with one attached hydrogen (secondary N) is 1. The van der Waals surface area contributed by atoms with Crippen LogP contribution < -0.4 is 5.32 Å². The number of carboxylic acid groups (broad SMARTS) is 1. The molecule has 0 aliphatic rings. The molecule has 0 heterocycles. The number of aliphatic carboxylic acids is 1. The number of benzene rings is 1. The molecule has 0 aromatic heterocycles.